The Balaban J connectivity index is 1.88. The van der Waals surface area contributed by atoms with Gasteiger partial charge < -0.3 is 13.9 Å². The van der Waals surface area contributed by atoms with E-state index in [0.29, 0.717) is 11.1 Å². The molecule has 0 atom stereocenters. The Morgan fingerprint density at radius 1 is 1.25 bits per heavy atom. The van der Waals surface area contributed by atoms with Crippen LogP contribution in [0, 0.1) is 5.92 Å². The van der Waals surface area contributed by atoms with E-state index in [9.17, 15) is 9.59 Å². The zero-order valence-corrected chi connectivity index (χ0v) is 15.1. The average molecular weight is 395 g/mol. The van der Waals surface area contributed by atoms with Crippen molar-refractivity contribution in [2.24, 2.45) is 5.92 Å². The van der Waals surface area contributed by atoms with Crippen molar-refractivity contribution in [3.63, 3.8) is 0 Å². The van der Waals surface area contributed by atoms with Crippen LogP contribution in [0.4, 0.5) is 0 Å². The lowest BCUT2D eigenvalue weighted by molar-refractivity contribution is -0.149. The summed E-state index contributed by atoms with van der Waals surface area (Å²) >= 11 is 3.41. The SMILES string of the molecule is CCOC(=O)c1oc2ccc(Br)cc2c1COC(=O)C1CCCC1. The van der Waals surface area contributed by atoms with Crippen LogP contribution in [-0.2, 0) is 20.9 Å². The summed E-state index contributed by atoms with van der Waals surface area (Å²) in [6.07, 6.45) is 3.88. The Bertz CT molecular complexity index is 758. The first-order chi connectivity index (χ1) is 11.6. The van der Waals surface area contributed by atoms with Crippen molar-refractivity contribution in [2.45, 2.75) is 39.2 Å². The molecule has 0 bridgehead atoms. The largest absolute Gasteiger partial charge is 0.460 e. The van der Waals surface area contributed by atoms with Crippen molar-refractivity contribution < 1.29 is 23.5 Å². The number of halogens is 1. The molecule has 6 heteroatoms. The monoisotopic (exact) mass is 394 g/mol. The van der Waals surface area contributed by atoms with E-state index in [1.54, 1.807) is 13.0 Å². The molecule has 0 N–H and O–H groups in total. The normalized spacial score (nSPS) is 14.9. The summed E-state index contributed by atoms with van der Waals surface area (Å²) in [6, 6.07) is 5.44. The van der Waals surface area contributed by atoms with Crippen LogP contribution in [0.5, 0.6) is 0 Å². The first-order valence-corrected chi connectivity index (χ1v) is 8.94. The average Bonchev–Trinajstić information content (AvgIpc) is 3.20. The Morgan fingerprint density at radius 3 is 2.71 bits per heavy atom. The fourth-order valence-corrected chi connectivity index (χ4v) is 3.41. The number of fused-ring (bicyclic) bond motifs is 1. The summed E-state index contributed by atoms with van der Waals surface area (Å²) in [6.45, 7) is 1.99. The summed E-state index contributed by atoms with van der Waals surface area (Å²) in [5.41, 5.74) is 1.12. The van der Waals surface area contributed by atoms with Gasteiger partial charge in [-0.3, -0.25) is 4.79 Å². The lowest BCUT2D eigenvalue weighted by atomic mass is 10.1. The van der Waals surface area contributed by atoms with E-state index in [-0.39, 0.29) is 30.9 Å². The second kappa shape index (κ2) is 7.38. The molecular formula is C18H19BrO5. The number of carbonyl (C=O) groups is 2. The standard InChI is InChI=1S/C18H19BrO5/c1-2-22-18(21)16-14(10-23-17(20)11-5-3-4-6-11)13-9-12(19)7-8-15(13)24-16/h7-9,11H,2-6,10H2,1H3. The van der Waals surface area contributed by atoms with Crippen LogP contribution in [0.25, 0.3) is 11.0 Å². The van der Waals surface area contributed by atoms with Gasteiger partial charge in [0.15, 0.2) is 0 Å². The summed E-state index contributed by atoms with van der Waals surface area (Å²) in [5.74, 6) is -0.673. The summed E-state index contributed by atoms with van der Waals surface area (Å²) in [5, 5.41) is 0.742. The maximum atomic E-state index is 12.2. The van der Waals surface area contributed by atoms with Crippen molar-refractivity contribution in [2.75, 3.05) is 6.61 Å². The summed E-state index contributed by atoms with van der Waals surface area (Å²) < 4.78 is 17.0. The third kappa shape index (κ3) is 3.48. The summed E-state index contributed by atoms with van der Waals surface area (Å²) in [7, 11) is 0. The molecule has 1 aliphatic carbocycles. The molecule has 5 nitrogen and oxygen atoms in total. The zero-order valence-electron chi connectivity index (χ0n) is 13.5. The van der Waals surface area contributed by atoms with Crippen LogP contribution in [0.1, 0.15) is 48.7 Å². The zero-order chi connectivity index (χ0) is 17.1. The van der Waals surface area contributed by atoms with E-state index in [4.69, 9.17) is 13.9 Å². The number of carbonyl (C=O) groups excluding carboxylic acids is 2. The van der Waals surface area contributed by atoms with E-state index >= 15 is 0 Å². The van der Waals surface area contributed by atoms with Crippen molar-refractivity contribution >= 4 is 38.8 Å². The molecule has 0 aliphatic heterocycles. The van der Waals surface area contributed by atoms with Gasteiger partial charge in [0.25, 0.3) is 0 Å². The molecular weight excluding hydrogens is 376 g/mol. The highest BCUT2D eigenvalue weighted by molar-refractivity contribution is 9.10. The predicted molar refractivity (Wildman–Crippen MR) is 91.6 cm³/mol. The van der Waals surface area contributed by atoms with Gasteiger partial charge in [-0.1, -0.05) is 28.8 Å². The highest BCUT2D eigenvalue weighted by atomic mass is 79.9. The lowest BCUT2D eigenvalue weighted by Crippen LogP contribution is -2.15. The van der Waals surface area contributed by atoms with Crippen LogP contribution < -0.4 is 0 Å². The predicted octanol–water partition coefficient (Wildman–Crippen LogP) is 4.61. The van der Waals surface area contributed by atoms with Crippen LogP contribution in [0.2, 0.25) is 0 Å². The van der Waals surface area contributed by atoms with Crippen LogP contribution in [-0.4, -0.2) is 18.5 Å². The molecule has 2 aromatic rings. The van der Waals surface area contributed by atoms with E-state index in [2.05, 4.69) is 15.9 Å². The fraction of sp³-hybridized carbons (Fsp3) is 0.444. The molecule has 1 saturated carbocycles. The Labute approximate surface area is 148 Å². The minimum atomic E-state index is -0.545. The second-order valence-corrected chi connectivity index (χ2v) is 6.78. The van der Waals surface area contributed by atoms with Crippen molar-refractivity contribution in [3.8, 4) is 0 Å². The molecule has 0 saturated heterocycles. The Morgan fingerprint density at radius 2 is 2.00 bits per heavy atom. The number of furan rings is 1. The fourth-order valence-electron chi connectivity index (χ4n) is 3.05. The molecule has 128 valence electrons. The highest BCUT2D eigenvalue weighted by Crippen LogP contribution is 2.31. The maximum absolute atomic E-state index is 12.2. The molecule has 0 spiro atoms. The molecule has 0 unspecified atom stereocenters. The molecule has 0 amide bonds. The van der Waals surface area contributed by atoms with Gasteiger partial charge >= 0.3 is 11.9 Å². The third-order valence-corrected chi connectivity index (χ3v) is 4.75. The molecule has 1 aromatic carbocycles. The minimum absolute atomic E-state index is 0.00688. The molecule has 1 aliphatic rings. The van der Waals surface area contributed by atoms with Crippen LogP contribution in [0.15, 0.2) is 27.1 Å². The van der Waals surface area contributed by atoms with E-state index < -0.39 is 5.97 Å². The molecule has 1 heterocycles. The quantitative estimate of drug-likeness (QED) is 0.692. The number of hydrogen-bond acceptors (Lipinski definition) is 5. The van der Waals surface area contributed by atoms with Gasteiger partial charge in [0, 0.05) is 9.86 Å². The first kappa shape index (κ1) is 17.0. The van der Waals surface area contributed by atoms with Gasteiger partial charge in [0.05, 0.1) is 18.1 Å². The Hall–Kier alpha value is -1.82. The number of rotatable bonds is 5. The number of benzene rings is 1. The molecule has 0 radical (unpaired) electrons. The molecule has 1 fully saturated rings. The van der Waals surface area contributed by atoms with Gasteiger partial charge in [0.2, 0.25) is 5.76 Å². The van der Waals surface area contributed by atoms with Gasteiger partial charge in [-0.15, -0.1) is 0 Å². The maximum Gasteiger partial charge on any atom is 0.374 e. The van der Waals surface area contributed by atoms with E-state index in [1.807, 2.05) is 12.1 Å². The van der Waals surface area contributed by atoms with Crippen LogP contribution >= 0.6 is 15.9 Å². The van der Waals surface area contributed by atoms with Crippen LogP contribution in [0.3, 0.4) is 0 Å². The van der Waals surface area contributed by atoms with Crippen molar-refractivity contribution in [3.05, 3.63) is 34.0 Å². The van der Waals surface area contributed by atoms with Gasteiger partial charge in [0.1, 0.15) is 12.2 Å². The van der Waals surface area contributed by atoms with Crippen molar-refractivity contribution in [1.29, 1.82) is 0 Å². The summed E-state index contributed by atoms with van der Waals surface area (Å²) in [4.78, 5) is 24.3. The lowest BCUT2D eigenvalue weighted by Gasteiger charge is -2.09. The highest BCUT2D eigenvalue weighted by Gasteiger charge is 2.27. The number of esters is 2. The smallest absolute Gasteiger partial charge is 0.374 e. The third-order valence-electron chi connectivity index (χ3n) is 4.26. The first-order valence-electron chi connectivity index (χ1n) is 8.14. The van der Waals surface area contributed by atoms with Gasteiger partial charge in [-0.05, 0) is 38.0 Å². The Kier molecular flexibility index (Phi) is 5.23. The number of hydrogen-bond donors (Lipinski definition) is 0. The topological polar surface area (TPSA) is 65.7 Å². The van der Waals surface area contributed by atoms with E-state index in [0.717, 1.165) is 35.5 Å². The second-order valence-electron chi connectivity index (χ2n) is 5.86. The molecule has 24 heavy (non-hydrogen) atoms. The van der Waals surface area contributed by atoms with Gasteiger partial charge in [-0.25, -0.2) is 4.79 Å². The minimum Gasteiger partial charge on any atom is -0.460 e. The van der Waals surface area contributed by atoms with Crippen molar-refractivity contribution in [1.82, 2.24) is 0 Å². The number of ether oxygens (including phenoxy) is 2. The molecule has 3 rings (SSSR count). The van der Waals surface area contributed by atoms with E-state index in [1.165, 1.54) is 0 Å². The van der Waals surface area contributed by atoms with Gasteiger partial charge in [-0.2, -0.15) is 0 Å². The molecule has 1 aromatic heterocycles.